The van der Waals surface area contributed by atoms with E-state index in [1.54, 1.807) is 0 Å². The summed E-state index contributed by atoms with van der Waals surface area (Å²) >= 11 is 6.15. The monoisotopic (exact) mass is 342 g/mol. The summed E-state index contributed by atoms with van der Waals surface area (Å²) in [4.78, 5) is 0. The van der Waals surface area contributed by atoms with Crippen molar-refractivity contribution >= 4 is 11.6 Å². The van der Waals surface area contributed by atoms with Crippen LogP contribution < -0.4 is 17.7 Å². The highest BCUT2D eigenvalue weighted by Gasteiger charge is 2.09. The number of benzene rings is 1. The van der Waals surface area contributed by atoms with E-state index >= 15 is 0 Å². The molecule has 0 atom stereocenters. The molecular weight excluding hydrogens is 321 g/mol. The van der Waals surface area contributed by atoms with Crippen LogP contribution in [0.5, 0.6) is 0 Å². The fourth-order valence-electron chi connectivity index (χ4n) is 2.15. The number of halogens is 2. The fourth-order valence-corrected chi connectivity index (χ4v) is 2.32. The molecule has 2 aromatic rings. The summed E-state index contributed by atoms with van der Waals surface area (Å²) in [6.07, 6.45) is 1.01. The molecule has 0 amide bonds. The van der Waals surface area contributed by atoms with Crippen LogP contribution in [0.3, 0.4) is 0 Å². The van der Waals surface area contributed by atoms with Gasteiger partial charge in [0.25, 0.3) is 0 Å². The zero-order chi connectivity index (χ0) is 15.1. The molecule has 0 aliphatic heterocycles. The van der Waals surface area contributed by atoms with E-state index in [-0.39, 0.29) is 12.4 Å². The topological polar surface area (TPSA) is 34.4 Å². The van der Waals surface area contributed by atoms with Crippen LogP contribution in [0.4, 0.5) is 0 Å². The highest BCUT2D eigenvalue weighted by atomic mass is 35.5. The first kappa shape index (κ1) is 19.0. The Morgan fingerprint density at radius 2 is 2.05 bits per heavy atom. The van der Waals surface area contributed by atoms with Crippen LogP contribution in [-0.2, 0) is 11.3 Å². The first-order valence-electron chi connectivity index (χ1n) is 7.35. The van der Waals surface area contributed by atoms with Crippen molar-refractivity contribution in [1.82, 2.24) is 5.32 Å². The highest BCUT2D eigenvalue weighted by Crippen LogP contribution is 2.29. The summed E-state index contributed by atoms with van der Waals surface area (Å²) in [6, 6.07) is 9.86. The van der Waals surface area contributed by atoms with E-state index in [1.165, 1.54) is 0 Å². The van der Waals surface area contributed by atoms with Crippen LogP contribution in [0.15, 0.2) is 34.7 Å². The molecule has 0 spiro atoms. The lowest BCUT2D eigenvalue weighted by Gasteiger charge is -2.05. The Morgan fingerprint density at radius 1 is 1.23 bits per heavy atom. The third-order valence-corrected chi connectivity index (χ3v) is 3.75. The van der Waals surface area contributed by atoms with Crippen molar-refractivity contribution in [3.8, 4) is 11.3 Å². The molecule has 0 saturated carbocycles. The molecule has 5 heteroatoms. The SMILES string of the molecule is CCOCCCNCc1ccc(-c2cccc(Cl)c2C)o1.[Cl-]. The first-order valence-corrected chi connectivity index (χ1v) is 7.73. The highest BCUT2D eigenvalue weighted by molar-refractivity contribution is 6.31. The Bertz CT molecular complexity index is 570. The third-order valence-electron chi connectivity index (χ3n) is 3.34. The predicted molar refractivity (Wildman–Crippen MR) is 86.7 cm³/mol. The van der Waals surface area contributed by atoms with Gasteiger partial charge in [-0.25, -0.2) is 0 Å². The molecule has 0 fully saturated rings. The molecule has 0 unspecified atom stereocenters. The van der Waals surface area contributed by atoms with Gasteiger partial charge in [-0.3, -0.25) is 0 Å². The van der Waals surface area contributed by atoms with Gasteiger partial charge in [0.05, 0.1) is 6.54 Å². The van der Waals surface area contributed by atoms with Gasteiger partial charge < -0.3 is 26.9 Å². The summed E-state index contributed by atoms with van der Waals surface area (Å²) in [7, 11) is 0. The Labute approximate surface area is 143 Å². The molecule has 122 valence electrons. The van der Waals surface area contributed by atoms with E-state index in [0.717, 1.165) is 60.4 Å². The minimum atomic E-state index is 0. The van der Waals surface area contributed by atoms with E-state index in [1.807, 2.05) is 44.2 Å². The van der Waals surface area contributed by atoms with Crippen LogP contribution >= 0.6 is 11.6 Å². The lowest BCUT2D eigenvalue weighted by molar-refractivity contribution is -0.00000572. The fraction of sp³-hybridized carbons (Fsp3) is 0.412. The number of hydrogen-bond donors (Lipinski definition) is 1. The van der Waals surface area contributed by atoms with Gasteiger partial charge in [-0.1, -0.05) is 23.7 Å². The lowest BCUT2D eigenvalue weighted by atomic mass is 10.1. The smallest absolute Gasteiger partial charge is 0.134 e. The maximum Gasteiger partial charge on any atom is 0.134 e. The van der Waals surface area contributed by atoms with E-state index < -0.39 is 0 Å². The van der Waals surface area contributed by atoms with E-state index in [2.05, 4.69) is 5.32 Å². The zero-order valence-electron chi connectivity index (χ0n) is 13.0. The van der Waals surface area contributed by atoms with Crippen LogP contribution in [0.1, 0.15) is 24.7 Å². The van der Waals surface area contributed by atoms with Crippen molar-refractivity contribution in [2.45, 2.75) is 26.8 Å². The number of nitrogens with one attached hydrogen (secondary N) is 1. The Kier molecular flexibility index (Phi) is 8.57. The Balaban J connectivity index is 0.00000242. The standard InChI is InChI=1S/C17H22ClNO2.ClH/c1-3-20-11-5-10-19-12-14-8-9-17(21-14)15-6-4-7-16(18)13(15)2;/h4,6-9,19H,3,5,10-12H2,1-2H3;1H/p-1. The van der Waals surface area contributed by atoms with Crippen molar-refractivity contribution in [1.29, 1.82) is 0 Å². The second-order valence-corrected chi connectivity index (χ2v) is 5.31. The van der Waals surface area contributed by atoms with E-state index in [0.29, 0.717) is 0 Å². The second-order valence-electron chi connectivity index (χ2n) is 4.91. The van der Waals surface area contributed by atoms with Gasteiger partial charge >= 0.3 is 0 Å². The molecule has 22 heavy (non-hydrogen) atoms. The zero-order valence-corrected chi connectivity index (χ0v) is 14.5. The molecule has 0 bridgehead atoms. The van der Waals surface area contributed by atoms with Crippen LogP contribution in [0, 0.1) is 6.92 Å². The lowest BCUT2D eigenvalue weighted by Crippen LogP contribution is -3.00. The average Bonchev–Trinajstić information content (AvgIpc) is 2.94. The summed E-state index contributed by atoms with van der Waals surface area (Å²) < 4.78 is 11.2. The molecule has 0 radical (unpaired) electrons. The number of ether oxygens (including phenoxy) is 1. The average molecular weight is 343 g/mol. The van der Waals surface area contributed by atoms with Gasteiger partial charge in [-0.05, 0) is 50.6 Å². The van der Waals surface area contributed by atoms with Gasteiger partial charge in [0.1, 0.15) is 11.5 Å². The van der Waals surface area contributed by atoms with Crippen molar-refractivity contribution in [3.63, 3.8) is 0 Å². The molecule has 0 aliphatic carbocycles. The van der Waals surface area contributed by atoms with Crippen molar-refractivity contribution in [2.24, 2.45) is 0 Å². The van der Waals surface area contributed by atoms with Crippen molar-refractivity contribution in [3.05, 3.63) is 46.7 Å². The van der Waals surface area contributed by atoms with Gasteiger partial charge in [0.15, 0.2) is 0 Å². The minimum absolute atomic E-state index is 0. The van der Waals surface area contributed by atoms with Gasteiger partial charge in [-0.2, -0.15) is 0 Å². The Morgan fingerprint density at radius 3 is 2.82 bits per heavy atom. The number of hydrogen-bond acceptors (Lipinski definition) is 3. The third kappa shape index (κ3) is 5.33. The molecule has 0 aliphatic rings. The minimum Gasteiger partial charge on any atom is -1.00 e. The second kappa shape index (κ2) is 9.90. The summed E-state index contributed by atoms with van der Waals surface area (Å²) in [5, 5.41) is 4.11. The van der Waals surface area contributed by atoms with Crippen molar-refractivity contribution < 1.29 is 21.6 Å². The molecule has 3 nitrogen and oxygen atoms in total. The number of rotatable bonds is 8. The van der Waals surface area contributed by atoms with E-state index in [4.69, 9.17) is 20.8 Å². The maximum absolute atomic E-state index is 6.15. The van der Waals surface area contributed by atoms with Crippen LogP contribution in [0.25, 0.3) is 11.3 Å². The predicted octanol–water partition coefficient (Wildman–Crippen LogP) is 1.43. The number of furan rings is 1. The van der Waals surface area contributed by atoms with Crippen LogP contribution in [0.2, 0.25) is 5.02 Å². The Hall–Kier alpha value is -1.000. The van der Waals surface area contributed by atoms with E-state index in [9.17, 15) is 0 Å². The maximum atomic E-state index is 6.15. The van der Waals surface area contributed by atoms with Crippen LogP contribution in [-0.4, -0.2) is 19.8 Å². The molecule has 0 saturated heterocycles. The molecule has 1 aromatic heterocycles. The molecule has 2 rings (SSSR count). The largest absolute Gasteiger partial charge is 1.00 e. The van der Waals surface area contributed by atoms with Crippen molar-refractivity contribution in [2.75, 3.05) is 19.8 Å². The summed E-state index contributed by atoms with van der Waals surface area (Å²) in [5.41, 5.74) is 2.09. The normalized spacial score (nSPS) is 10.5. The van der Waals surface area contributed by atoms with Gasteiger partial charge in [0, 0.05) is 23.8 Å². The summed E-state index contributed by atoms with van der Waals surface area (Å²) in [6.45, 7) is 7.24. The first-order chi connectivity index (χ1) is 10.2. The molecule has 1 N–H and O–H groups in total. The molecule has 1 aromatic carbocycles. The van der Waals surface area contributed by atoms with Gasteiger partial charge in [-0.15, -0.1) is 0 Å². The quantitative estimate of drug-likeness (QED) is 0.737. The summed E-state index contributed by atoms with van der Waals surface area (Å²) in [5.74, 6) is 1.79. The molecule has 1 heterocycles. The van der Waals surface area contributed by atoms with Gasteiger partial charge in [0.2, 0.25) is 0 Å². The molecular formula is C17H22Cl2NO2-.